The highest BCUT2D eigenvalue weighted by molar-refractivity contribution is 5.84. The van der Waals surface area contributed by atoms with Crippen LogP contribution in [0.25, 0.3) is 10.8 Å². The molecule has 2 rings (SSSR count). The SMILES string of the molecule is CC(C)CCCC(C)NC(N)=NCc1nccc2ccccc12. The van der Waals surface area contributed by atoms with E-state index in [0.29, 0.717) is 18.5 Å². The van der Waals surface area contributed by atoms with Crippen molar-refractivity contribution in [2.24, 2.45) is 16.6 Å². The van der Waals surface area contributed by atoms with E-state index in [1.165, 1.54) is 18.2 Å². The standard InChI is InChI=1S/C19H28N4/c1-14(2)7-6-8-15(3)23-19(20)22-13-18-17-10-5-4-9-16(17)11-12-21-18/h4-5,9-12,14-15H,6-8,13H2,1-3H3,(H3,20,22,23). The second kappa shape index (κ2) is 8.51. The molecule has 0 radical (unpaired) electrons. The number of pyridine rings is 1. The second-order valence-electron chi connectivity index (χ2n) is 6.55. The van der Waals surface area contributed by atoms with Gasteiger partial charge in [-0.05, 0) is 30.7 Å². The van der Waals surface area contributed by atoms with Crippen LogP contribution in [0.3, 0.4) is 0 Å². The summed E-state index contributed by atoms with van der Waals surface area (Å²) in [7, 11) is 0. The van der Waals surface area contributed by atoms with E-state index in [2.05, 4.69) is 48.2 Å². The summed E-state index contributed by atoms with van der Waals surface area (Å²) in [4.78, 5) is 8.89. The lowest BCUT2D eigenvalue weighted by atomic mass is 10.0. The minimum Gasteiger partial charge on any atom is -0.370 e. The molecule has 124 valence electrons. The topological polar surface area (TPSA) is 63.3 Å². The third-order valence-corrected chi connectivity index (χ3v) is 3.97. The van der Waals surface area contributed by atoms with Gasteiger partial charge in [-0.1, -0.05) is 51.0 Å². The van der Waals surface area contributed by atoms with Crippen LogP contribution in [0.15, 0.2) is 41.5 Å². The average molecular weight is 312 g/mol. The molecule has 4 heteroatoms. The fourth-order valence-corrected chi connectivity index (χ4v) is 2.67. The Morgan fingerprint density at radius 2 is 1.96 bits per heavy atom. The van der Waals surface area contributed by atoms with Crippen molar-refractivity contribution >= 4 is 16.7 Å². The van der Waals surface area contributed by atoms with Crippen molar-refractivity contribution in [2.45, 2.75) is 52.6 Å². The summed E-state index contributed by atoms with van der Waals surface area (Å²) in [5, 5.41) is 5.59. The summed E-state index contributed by atoms with van der Waals surface area (Å²) < 4.78 is 0. The van der Waals surface area contributed by atoms with Gasteiger partial charge >= 0.3 is 0 Å². The molecule has 0 aliphatic heterocycles. The number of aliphatic imine (C=N–C) groups is 1. The summed E-state index contributed by atoms with van der Waals surface area (Å²) in [6.45, 7) is 7.16. The van der Waals surface area contributed by atoms with Crippen LogP contribution < -0.4 is 11.1 Å². The normalized spacial score (nSPS) is 13.5. The van der Waals surface area contributed by atoms with E-state index in [1.54, 1.807) is 0 Å². The lowest BCUT2D eigenvalue weighted by Crippen LogP contribution is -2.38. The Hall–Kier alpha value is -2.10. The average Bonchev–Trinajstić information content (AvgIpc) is 2.52. The van der Waals surface area contributed by atoms with E-state index in [9.17, 15) is 0 Å². The molecule has 0 aliphatic rings. The predicted octanol–water partition coefficient (Wildman–Crippen LogP) is 3.85. The zero-order chi connectivity index (χ0) is 16.7. The molecule has 0 amide bonds. The quantitative estimate of drug-likeness (QED) is 0.603. The molecule has 0 saturated carbocycles. The highest BCUT2D eigenvalue weighted by atomic mass is 15.1. The van der Waals surface area contributed by atoms with Crippen LogP contribution in [0.4, 0.5) is 0 Å². The fourth-order valence-electron chi connectivity index (χ4n) is 2.67. The van der Waals surface area contributed by atoms with Gasteiger partial charge in [0.1, 0.15) is 0 Å². The summed E-state index contributed by atoms with van der Waals surface area (Å²) in [6.07, 6.45) is 5.40. The van der Waals surface area contributed by atoms with Crippen LogP contribution in [0.2, 0.25) is 0 Å². The van der Waals surface area contributed by atoms with Gasteiger partial charge in [-0.3, -0.25) is 4.98 Å². The van der Waals surface area contributed by atoms with E-state index in [1.807, 2.05) is 24.4 Å². The third kappa shape index (κ3) is 5.55. The lowest BCUT2D eigenvalue weighted by molar-refractivity contribution is 0.493. The maximum atomic E-state index is 6.01. The van der Waals surface area contributed by atoms with Crippen molar-refractivity contribution in [3.05, 3.63) is 42.2 Å². The Morgan fingerprint density at radius 3 is 2.74 bits per heavy atom. The zero-order valence-electron chi connectivity index (χ0n) is 14.4. The van der Waals surface area contributed by atoms with Crippen LogP contribution >= 0.6 is 0 Å². The van der Waals surface area contributed by atoms with Gasteiger partial charge in [0.05, 0.1) is 12.2 Å². The van der Waals surface area contributed by atoms with Crippen LogP contribution in [-0.4, -0.2) is 17.0 Å². The Kier molecular flexibility index (Phi) is 6.39. The number of nitrogens with two attached hydrogens (primary N) is 1. The monoisotopic (exact) mass is 312 g/mol. The molecule has 23 heavy (non-hydrogen) atoms. The Morgan fingerprint density at radius 1 is 1.17 bits per heavy atom. The van der Waals surface area contributed by atoms with E-state index >= 15 is 0 Å². The number of rotatable bonds is 7. The molecule has 1 aromatic carbocycles. The van der Waals surface area contributed by atoms with E-state index in [-0.39, 0.29) is 0 Å². The summed E-state index contributed by atoms with van der Waals surface area (Å²) in [5.41, 5.74) is 6.97. The minimum atomic E-state index is 0.345. The van der Waals surface area contributed by atoms with Gasteiger partial charge in [0.25, 0.3) is 0 Å². The largest absolute Gasteiger partial charge is 0.370 e. The number of guanidine groups is 1. The molecule has 0 spiro atoms. The van der Waals surface area contributed by atoms with Crippen molar-refractivity contribution in [1.82, 2.24) is 10.3 Å². The highest BCUT2D eigenvalue weighted by Crippen LogP contribution is 2.16. The molecule has 1 heterocycles. The molecule has 0 fully saturated rings. The molecule has 4 nitrogen and oxygen atoms in total. The fraction of sp³-hybridized carbons (Fsp3) is 0.474. The smallest absolute Gasteiger partial charge is 0.189 e. The van der Waals surface area contributed by atoms with Crippen LogP contribution in [-0.2, 0) is 6.54 Å². The van der Waals surface area contributed by atoms with Gasteiger partial charge in [-0.25, -0.2) is 4.99 Å². The molecule has 1 atom stereocenters. The molecular formula is C19H28N4. The molecular weight excluding hydrogens is 284 g/mol. The maximum absolute atomic E-state index is 6.01. The lowest BCUT2D eigenvalue weighted by Gasteiger charge is -2.15. The predicted molar refractivity (Wildman–Crippen MR) is 98.4 cm³/mol. The number of benzene rings is 1. The van der Waals surface area contributed by atoms with Crippen molar-refractivity contribution in [1.29, 1.82) is 0 Å². The number of hydrogen-bond acceptors (Lipinski definition) is 2. The molecule has 1 unspecified atom stereocenters. The van der Waals surface area contributed by atoms with Gasteiger partial charge in [-0.2, -0.15) is 0 Å². The van der Waals surface area contributed by atoms with Crippen LogP contribution in [0.1, 0.15) is 45.7 Å². The Labute approximate surface area is 139 Å². The highest BCUT2D eigenvalue weighted by Gasteiger charge is 2.05. The third-order valence-electron chi connectivity index (χ3n) is 3.97. The van der Waals surface area contributed by atoms with Crippen LogP contribution in [0, 0.1) is 5.92 Å². The molecule has 0 saturated heterocycles. The van der Waals surface area contributed by atoms with Crippen molar-refractivity contribution in [2.75, 3.05) is 0 Å². The second-order valence-corrected chi connectivity index (χ2v) is 6.55. The van der Waals surface area contributed by atoms with E-state index in [4.69, 9.17) is 5.73 Å². The molecule has 3 N–H and O–H groups in total. The van der Waals surface area contributed by atoms with Gasteiger partial charge < -0.3 is 11.1 Å². The molecule has 2 aromatic rings. The van der Waals surface area contributed by atoms with Gasteiger partial charge in [0, 0.05) is 17.6 Å². The van der Waals surface area contributed by atoms with Crippen molar-refractivity contribution < 1.29 is 0 Å². The number of fused-ring (bicyclic) bond motifs is 1. The van der Waals surface area contributed by atoms with E-state index < -0.39 is 0 Å². The Bertz CT molecular complexity index is 643. The number of nitrogens with zero attached hydrogens (tertiary/aromatic N) is 2. The van der Waals surface area contributed by atoms with Crippen molar-refractivity contribution in [3.8, 4) is 0 Å². The van der Waals surface area contributed by atoms with Gasteiger partial charge in [0.15, 0.2) is 5.96 Å². The number of nitrogens with one attached hydrogen (secondary N) is 1. The summed E-state index contributed by atoms with van der Waals surface area (Å²) in [6, 6.07) is 10.6. The Balaban J connectivity index is 1.91. The number of hydrogen-bond donors (Lipinski definition) is 2. The molecule has 0 aliphatic carbocycles. The first-order valence-corrected chi connectivity index (χ1v) is 8.45. The first kappa shape index (κ1) is 17.3. The summed E-state index contributed by atoms with van der Waals surface area (Å²) >= 11 is 0. The van der Waals surface area contributed by atoms with Crippen molar-refractivity contribution in [3.63, 3.8) is 0 Å². The molecule has 0 bridgehead atoms. The molecule has 1 aromatic heterocycles. The summed E-state index contributed by atoms with van der Waals surface area (Å²) in [5.74, 6) is 1.25. The van der Waals surface area contributed by atoms with Gasteiger partial charge in [-0.15, -0.1) is 0 Å². The first-order valence-electron chi connectivity index (χ1n) is 8.45. The first-order chi connectivity index (χ1) is 11.1. The zero-order valence-corrected chi connectivity index (χ0v) is 14.4. The minimum absolute atomic E-state index is 0.345. The van der Waals surface area contributed by atoms with E-state index in [0.717, 1.165) is 23.4 Å². The maximum Gasteiger partial charge on any atom is 0.189 e. The van der Waals surface area contributed by atoms with Crippen LogP contribution in [0.5, 0.6) is 0 Å². The van der Waals surface area contributed by atoms with Gasteiger partial charge in [0.2, 0.25) is 0 Å². The number of aromatic nitrogens is 1.